The van der Waals surface area contributed by atoms with Gasteiger partial charge < -0.3 is 5.73 Å². The largest absolute Gasteiger partial charge is 0.330 e. The second kappa shape index (κ2) is 7.12. The van der Waals surface area contributed by atoms with Crippen molar-refractivity contribution < 1.29 is 21.2 Å². The Morgan fingerprint density at radius 3 is 2.42 bits per heavy atom. The minimum Gasteiger partial charge on any atom is -0.330 e. The van der Waals surface area contributed by atoms with Gasteiger partial charge in [-0.1, -0.05) is 6.92 Å². The molecule has 0 bridgehead atoms. The highest BCUT2D eigenvalue weighted by molar-refractivity contribution is 7.92. The van der Waals surface area contributed by atoms with Gasteiger partial charge in [-0.15, -0.1) is 12.4 Å². The molecule has 7 nitrogen and oxygen atoms in total. The van der Waals surface area contributed by atoms with Crippen LogP contribution in [-0.4, -0.2) is 47.0 Å². The number of rotatable bonds is 5. The van der Waals surface area contributed by atoms with E-state index < -0.39 is 25.9 Å². The maximum atomic E-state index is 14.0. The molecule has 0 aliphatic carbocycles. The molecular weight excluding hydrogens is 381 g/mol. The van der Waals surface area contributed by atoms with E-state index in [9.17, 15) is 21.2 Å². The summed E-state index contributed by atoms with van der Waals surface area (Å²) in [6.07, 6.45) is 1.52. The predicted molar refractivity (Wildman–Crippen MR) is 92.7 cm³/mol. The molecule has 1 unspecified atom stereocenters. The summed E-state index contributed by atoms with van der Waals surface area (Å²) >= 11 is 0. The number of hydrogen-bond acceptors (Lipinski definition) is 5. The molecule has 0 spiro atoms. The number of nitrogens with zero attached hydrogens (tertiary/aromatic N) is 1. The topological polar surface area (TPSA) is 110 Å². The van der Waals surface area contributed by atoms with Gasteiger partial charge in [0.2, 0.25) is 20.0 Å². The Morgan fingerprint density at radius 1 is 1.33 bits per heavy atom. The average molecular weight is 402 g/mol. The van der Waals surface area contributed by atoms with Crippen molar-refractivity contribution in [2.24, 2.45) is 11.1 Å². The number of nitrogens with two attached hydrogens (primary N) is 1. The molecule has 2 rings (SSSR count). The van der Waals surface area contributed by atoms with Gasteiger partial charge in [0.05, 0.1) is 16.8 Å². The molecule has 138 valence electrons. The van der Waals surface area contributed by atoms with E-state index in [-0.39, 0.29) is 34.9 Å². The van der Waals surface area contributed by atoms with E-state index >= 15 is 0 Å². The highest BCUT2D eigenvalue weighted by atomic mass is 35.5. The minimum atomic E-state index is -3.84. The smallest absolute Gasteiger partial charge is 0.243 e. The van der Waals surface area contributed by atoms with Gasteiger partial charge >= 0.3 is 0 Å². The van der Waals surface area contributed by atoms with Crippen LogP contribution in [0.1, 0.15) is 13.3 Å². The number of anilines is 1. The van der Waals surface area contributed by atoms with E-state index in [2.05, 4.69) is 0 Å². The van der Waals surface area contributed by atoms with Gasteiger partial charge in [0.15, 0.2) is 0 Å². The van der Waals surface area contributed by atoms with Gasteiger partial charge in [0, 0.05) is 13.1 Å². The molecular formula is C13H21ClFN3O4S2. The summed E-state index contributed by atoms with van der Waals surface area (Å²) in [5.41, 5.74) is 5.09. The van der Waals surface area contributed by atoms with Gasteiger partial charge in [-0.25, -0.2) is 21.2 Å². The fourth-order valence-electron chi connectivity index (χ4n) is 2.44. The first kappa shape index (κ1) is 21.1. The van der Waals surface area contributed by atoms with Crippen molar-refractivity contribution in [3.63, 3.8) is 0 Å². The molecule has 1 aromatic rings. The minimum absolute atomic E-state index is 0. The monoisotopic (exact) mass is 401 g/mol. The Hall–Kier alpha value is -0.940. The summed E-state index contributed by atoms with van der Waals surface area (Å²) in [7, 11) is -7.49. The first-order chi connectivity index (χ1) is 10.5. The van der Waals surface area contributed by atoms with Crippen LogP contribution in [0.3, 0.4) is 0 Å². The van der Waals surface area contributed by atoms with E-state index in [1.54, 1.807) is 0 Å². The Bertz CT molecular complexity index is 817. The van der Waals surface area contributed by atoms with Crippen LogP contribution in [0, 0.1) is 11.2 Å². The first-order valence-electron chi connectivity index (χ1n) is 6.94. The molecule has 1 atom stereocenters. The van der Waals surface area contributed by atoms with Crippen molar-refractivity contribution in [3.8, 4) is 0 Å². The van der Waals surface area contributed by atoms with Crippen LogP contribution in [0.25, 0.3) is 0 Å². The molecule has 0 amide bonds. The van der Waals surface area contributed by atoms with E-state index in [1.165, 1.54) is 10.4 Å². The lowest BCUT2D eigenvalue weighted by Crippen LogP contribution is -2.34. The standard InChI is InChI=1S/C13H20FN3O4S2.ClH/c1-13(8-15)5-6-17(9-13)23(20,21)10-3-4-12(11(14)7-10)16-22(2,18)19;/h3-4,7,16H,5-6,8-9,15H2,1-2H3;1H. The van der Waals surface area contributed by atoms with E-state index in [0.29, 0.717) is 19.5 Å². The van der Waals surface area contributed by atoms with E-state index in [4.69, 9.17) is 5.73 Å². The number of halogens is 2. The predicted octanol–water partition coefficient (Wildman–Crippen LogP) is 0.978. The molecule has 1 heterocycles. The van der Waals surface area contributed by atoms with Gasteiger partial charge in [-0.05, 0) is 36.6 Å². The zero-order chi connectivity index (χ0) is 17.5. The molecule has 0 radical (unpaired) electrons. The van der Waals surface area contributed by atoms with Crippen LogP contribution >= 0.6 is 12.4 Å². The third-order valence-electron chi connectivity index (χ3n) is 3.89. The Labute approximate surface area is 147 Å². The molecule has 0 saturated carbocycles. The summed E-state index contributed by atoms with van der Waals surface area (Å²) in [5.74, 6) is -0.947. The summed E-state index contributed by atoms with van der Waals surface area (Å²) < 4.78 is 64.7. The quantitative estimate of drug-likeness (QED) is 0.764. The summed E-state index contributed by atoms with van der Waals surface area (Å²) in [5, 5.41) is 0. The van der Waals surface area contributed by atoms with Crippen molar-refractivity contribution in [2.45, 2.75) is 18.2 Å². The van der Waals surface area contributed by atoms with Crippen molar-refractivity contribution >= 4 is 38.1 Å². The molecule has 1 aromatic carbocycles. The third-order valence-corrected chi connectivity index (χ3v) is 6.32. The number of nitrogens with one attached hydrogen (secondary N) is 1. The van der Waals surface area contributed by atoms with Crippen LogP contribution in [0.15, 0.2) is 23.1 Å². The maximum absolute atomic E-state index is 14.0. The molecule has 3 N–H and O–H groups in total. The van der Waals surface area contributed by atoms with E-state index in [1.807, 2.05) is 11.6 Å². The molecule has 24 heavy (non-hydrogen) atoms. The van der Waals surface area contributed by atoms with Gasteiger partial charge in [-0.2, -0.15) is 4.31 Å². The Balaban J connectivity index is 0.00000288. The highest BCUT2D eigenvalue weighted by Crippen LogP contribution is 2.33. The second-order valence-electron chi connectivity index (χ2n) is 6.12. The zero-order valence-electron chi connectivity index (χ0n) is 13.3. The number of hydrogen-bond donors (Lipinski definition) is 2. The second-order valence-corrected chi connectivity index (χ2v) is 9.81. The first-order valence-corrected chi connectivity index (χ1v) is 10.3. The molecule has 1 fully saturated rings. The van der Waals surface area contributed by atoms with Crippen molar-refractivity contribution in [2.75, 3.05) is 30.6 Å². The zero-order valence-corrected chi connectivity index (χ0v) is 15.8. The SMILES string of the molecule is CC1(CN)CCN(S(=O)(=O)c2ccc(NS(C)(=O)=O)c(F)c2)C1.Cl. The number of sulfonamides is 2. The van der Waals surface area contributed by atoms with Crippen LogP contribution in [0.5, 0.6) is 0 Å². The van der Waals surface area contributed by atoms with Crippen LogP contribution in [0.2, 0.25) is 0 Å². The fourth-order valence-corrected chi connectivity index (χ4v) is 4.61. The average Bonchev–Trinajstić information content (AvgIpc) is 2.84. The third kappa shape index (κ3) is 4.57. The summed E-state index contributed by atoms with van der Waals surface area (Å²) in [4.78, 5) is -0.213. The molecule has 1 saturated heterocycles. The Morgan fingerprint density at radius 2 is 1.96 bits per heavy atom. The highest BCUT2D eigenvalue weighted by Gasteiger charge is 2.39. The summed E-state index contributed by atoms with van der Waals surface area (Å²) in [6, 6.07) is 3.10. The van der Waals surface area contributed by atoms with Crippen LogP contribution in [0.4, 0.5) is 10.1 Å². The van der Waals surface area contributed by atoms with Crippen LogP contribution in [-0.2, 0) is 20.0 Å². The van der Waals surface area contributed by atoms with Crippen molar-refractivity contribution in [3.05, 3.63) is 24.0 Å². The summed E-state index contributed by atoms with van der Waals surface area (Å²) in [6.45, 7) is 2.87. The van der Waals surface area contributed by atoms with Crippen molar-refractivity contribution in [1.82, 2.24) is 4.31 Å². The van der Waals surface area contributed by atoms with Crippen LogP contribution < -0.4 is 10.5 Å². The van der Waals surface area contributed by atoms with Gasteiger partial charge in [0.25, 0.3) is 0 Å². The Kier molecular flexibility index (Phi) is 6.26. The van der Waals surface area contributed by atoms with Gasteiger partial charge in [0.1, 0.15) is 5.82 Å². The van der Waals surface area contributed by atoms with E-state index in [0.717, 1.165) is 18.4 Å². The normalized spacial score (nSPS) is 22.2. The maximum Gasteiger partial charge on any atom is 0.243 e. The molecule has 1 aliphatic rings. The fraction of sp³-hybridized carbons (Fsp3) is 0.538. The molecule has 0 aromatic heterocycles. The lowest BCUT2D eigenvalue weighted by Gasteiger charge is -2.22. The molecule has 1 aliphatic heterocycles. The van der Waals surface area contributed by atoms with Gasteiger partial charge in [-0.3, -0.25) is 4.72 Å². The molecule has 11 heteroatoms. The lowest BCUT2D eigenvalue weighted by atomic mass is 9.90. The van der Waals surface area contributed by atoms with Crippen molar-refractivity contribution in [1.29, 1.82) is 0 Å². The number of benzene rings is 1. The lowest BCUT2D eigenvalue weighted by molar-refractivity contribution is 0.349.